The molecule has 1 amide bonds. The molecule has 5 aromatic rings. The molecule has 34 heavy (non-hydrogen) atoms. The molecule has 2 aromatic carbocycles. The van der Waals surface area contributed by atoms with E-state index in [4.69, 9.17) is 28.2 Å². The minimum absolute atomic E-state index is 0.172. The van der Waals surface area contributed by atoms with Gasteiger partial charge in [-0.25, -0.2) is 0 Å². The number of hydrogen-bond donors (Lipinski definition) is 2. The quantitative estimate of drug-likeness (QED) is 0.247. The number of amides is 1. The number of aromatic nitrogens is 4. The Hall–Kier alpha value is -3.86. The SMILES string of the molecule is O=C(C=Cc1ccc(-c2ccc(Cl)cc2)o1)NC(=S)Nc1cccc(-c2nn3cnnc3s2)c1. The number of furan rings is 1. The van der Waals surface area contributed by atoms with Crippen molar-refractivity contribution in [3.63, 3.8) is 0 Å². The number of carbonyl (C=O) groups excluding carboxylic acids is 1. The zero-order valence-electron chi connectivity index (χ0n) is 17.3. The molecule has 5 rings (SSSR count). The minimum Gasteiger partial charge on any atom is -0.457 e. The van der Waals surface area contributed by atoms with E-state index in [1.165, 1.54) is 17.4 Å². The fourth-order valence-corrected chi connectivity index (χ4v) is 4.25. The molecule has 0 saturated carbocycles. The van der Waals surface area contributed by atoms with Crippen molar-refractivity contribution in [1.82, 2.24) is 25.1 Å². The predicted octanol–water partition coefficient (Wildman–Crippen LogP) is 5.29. The van der Waals surface area contributed by atoms with Crippen LogP contribution in [-0.4, -0.2) is 30.8 Å². The summed E-state index contributed by atoms with van der Waals surface area (Å²) in [5, 5.41) is 19.5. The maximum absolute atomic E-state index is 12.3. The maximum atomic E-state index is 12.3. The van der Waals surface area contributed by atoms with Gasteiger partial charge in [0.2, 0.25) is 10.9 Å². The van der Waals surface area contributed by atoms with Crippen molar-refractivity contribution < 1.29 is 9.21 Å². The first-order chi connectivity index (χ1) is 16.5. The Morgan fingerprint density at radius 3 is 2.79 bits per heavy atom. The van der Waals surface area contributed by atoms with Crippen LogP contribution in [0.15, 0.2) is 77.5 Å². The highest BCUT2D eigenvalue weighted by Gasteiger charge is 2.09. The van der Waals surface area contributed by atoms with Crippen LogP contribution in [0.25, 0.3) is 32.9 Å². The Kier molecular flexibility index (Phi) is 6.17. The number of halogens is 1. The zero-order valence-corrected chi connectivity index (χ0v) is 19.7. The lowest BCUT2D eigenvalue weighted by Gasteiger charge is -2.09. The molecule has 8 nitrogen and oxygen atoms in total. The fourth-order valence-electron chi connectivity index (χ4n) is 3.09. The van der Waals surface area contributed by atoms with Crippen LogP contribution >= 0.6 is 35.2 Å². The molecule has 168 valence electrons. The van der Waals surface area contributed by atoms with Crippen molar-refractivity contribution in [3.8, 4) is 21.9 Å². The Morgan fingerprint density at radius 1 is 1.12 bits per heavy atom. The Balaban J connectivity index is 1.19. The third-order valence-corrected chi connectivity index (χ3v) is 6.06. The summed E-state index contributed by atoms with van der Waals surface area (Å²) in [6.07, 6.45) is 4.48. The number of rotatable bonds is 5. The van der Waals surface area contributed by atoms with E-state index >= 15 is 0 Å². The monoisotopic (exact) mass is 506 g/mol. The standard InChI is InChI=1S/C23H15ClN6O2S2/c24-16-6-4-14(5-7-16)19-10-8-18(32-19)9-11-20(31)27-22(33)26-17-3-1-2-15(12-17)21-29-30-13-25-28-23(30)34-21/h1-13H,(H2,26,27,31,33). The highest BCUT2D eigenvalue weighted by Crippen LogP contribution is 2.27. The average molecular weight is 507 g/mol. The van der Waals surface area contributed by atoms with Gasteiger partial charge in [0.15, 0.2) is 5.11 Å². The van der Waals surface area contributed by atoms with Gasteiger partial charge in [-0.1, -0.05) is 35.1 Å². The highest BCUT2D eigenvalue weighted by atomic mass is 35.5. The van der Waals surface area contributed by atoms with E-state index in [0.717, 1.165) is 21.8 Å². The van der Waals surface area contributed by atoms with Crippen LogP contribution in [0.4, 0.5) is 5.69 Å². The summed E-state index contributed by atoms with van der Waals surface area (Å²) in [5.74, 6) is 0.835. The number of nitrogens with zero attached hydrogens (tertiary/aromatic N) is 4. The molecule has 3 heterocycles. The summed E-state index contributed by atoms with van der Waals surface area (Å²) in [6.45, 7) is 0. The van der Waals surface area contributed by atoms with Crippen LogP contribution in [0.2, 0.25) is 5.02 Å². The van der Waals surface area contributed by atoms with Crippen molar-refractivity contribution in [1.29, 1.82) is 0 Å². The van der Waals surface area contributed by atoms with Crippen LogP contribution in [-0.2, 0) is 4.79 Å². The largest absolute Gasteiger partial charge is 0.457 e. The summed E-state index contributed by atoms with van der Waals surface area (Å²) in [7, 11) is 0. The van der Waals surface area contributed by atoms with E-state index in [9.17, 15) is 4.79 Å². The lowest BCUT2D eigenvalue weighted by molar-refractivity contribution is -0.115. The molecule has 0 bridgehead atoms. The van der Waals surface area contributed by atoms with Gasteiger partial charge in [-0.15, -0.1) is 10.2 Å². The first-order valence-electron chi connectivity index (χ1n) is 9.97. The van der Waals surface area contributed by atoms with Gasteiger partial charge in [-0.05, 0) is 66.8 Å². The number of carbonyl (C=O) groups is 1. The van der Waals surface area contributed by atoms with Crippen LogP contribution in [0.3, 0.4) is 0 Å². The van der Waals surface area contributed by atoms with Gasteiger partial charge >= 0.3 is 0 Å². The molecular weight excluding hydrogens is 492 g/mol. The second-order valence-corrected chi connectivity index (χ2v) is 8.83. The highest BCUT2D eigenvalue weighted by molar-refractivity contribution is 7.80. The van der Waals surface area contributed by atoms with E-state index < -0.39 is 0 Å². The van der Waals surface area contributed by atoms with Gasteiger partial charge in [0.1, 0.15) is 22.9 Å². The van der Waals surface area contributed by atoms with E-state index in [0.29, 0.717) is 21.5 Å². The van der Waals surface area contributed by atoms with Crippen molar-refractivity contribution in [3.05, 3.63) is 83.8 Å². The fraction of sp³-hybridized carbons (Fsp3) is 0. The lowest BCUT2D eigenvalue weighted by Crippen LogP contribution is -2.32. The van der Waals surface area contributed by atoms with Crippen molar-refractivity contribution >= 4 is 62.9 Å². The van der Waals surface area contributed by atoms with Crippen molar-refractivity contribution in [2.75, 3.05) is 5.32 Å². The summed E-state index contributed by atoms with van der Waals surface area (Å²) in [6, 6.07) is 18.5. The molecule has 0 fully saturated rings. The summed E-state index contributed by atoms with van der Waals surface area (Å²) in [5.41, 5.74) is 2.50. The molecule has 2 N–H and O–H groups in total. The molecular formula is C23H15ClN6O2S2. The van der Waals surface area contributed by atoms with Gasteiger partial charge in [0.05, 0.1) is 0 Å². The molecule has 0 saturated heterocycles. The minimum atomic E-state index is -0.383. The number of thiocarbonyl (C=S) groups is 1. The summed E-state index contributed by atoms with van der Waals surface area (Å²) < 4.78 is 7.38. The van der Waals surface area contributed by atoms with Gasteiger partial charge in [0, 0.05) is 27.9 Å². The lowest BCUT2D eigenvalue weighted by atomic mass is 10.2. The molecule has 0 aliphatic heterocycles. The molecule has 0 unspecified atom stereocenters. The third-order valence-electron chi connectivity index (χ3n) is 4.65. The molecule has 0 atom stereocenters. The average Bonchev–Trinajstić information content (AvgIpc) is 3.55. The van der Waals surface area contributed by atoms with Gasteiger partial charge in [-0.2, -0.15) is 9.61 Å². The molecule has 11 heteroatoms. The third kappa shape index (κ3) is 5.04. The molecule has 0 aliphatic carbocycles. The molecule has 3 aromatic heterocycles. The maximum Gasteiger partial charge on any atom is 0.250 e. The van der Waals surface area contributed by atoms with Gasteiger partial charge < -0.3 is 9.73 Å². The van der Waals surface area contributed by atoms with Crippen molar-refractivity contribution in [2.24, 2.45) is 0 Å². The second kappa shape index (κ2) is 9.56. The normalized spacial score (nSPS) is 11.2. The number of anilines is 1. The van der Waals surface area contributed by atoms with E-state index in [-0.39, 0.29) is 11.0 Å². The zero-order chi connectivity index (χ0) is 23.5. The first-order valence-corrected chi connectivity index (χ1v) is 11.6. The van der Waals surface area contributed by atoms with Crippen LogP contribution in [0.1, 0.15) is 5.76 Å². The summed E-state index contributed by atoms with van der Waals surface area (Å²) >= 11 is 12.6. The number of nitrogens with one attached hydrogen (secondary N) is 2. The Morgan fingerprint density at radius 2 is 1.97 bits per heavy atom. The van der Waals surface area contributed by atoms with Crippen molar-refractivity contribution in [2.45, 2.75) is 0 Å². The summed E-state index contributed by atoms with van der Waals surface area (Å²) in [4.78, 5) is 13.0. The van der Waals surface area contributed by atoms with Gasteiger partial charge in [0.25, 0.3) is 0 Å². The van der Waals surface area contributed by atoms with Crippen LogP contribution in [0.5, 0.6) is 0 Å². The molecule has 0 aliphatic rings. The predicted molar refractivity (Wildman–Crippen MR) is 137 cm³/mol. The number of fused-ring (bicyclic) bond motifs is 1. The first kappa shape index (κ1) is 22.0. The Bertz CT molecular complexity index is 1490. The number of hydrogen-bond acceptors (Lipinski definition) is 7. The second-order valence-electron chi connectivity index (χ2n) is 7.03. The van der Waals surface area contributed by atoms with E-state index in [2.05, 4.69) is 25.9 Å². The van der Waals surface area contributed by atoms with Gasteiger partial charge in [-0.3, -0.25) is 10.1 Å². The van der Waals surface area contributed by atoms with E-state index in [1.807, 2.05) is 42.5 Å². The smallest absolute Gasteiger partial charge is 0.250 e. The number of benzene rings is 2. The Labute approximate surface area is 207 Å². The molecule has 0 radical (unpaired) electrons. The van der Waals surface area contributed by atoms with Crippen LogP contribution in [0, 0.1) is 0 Å². The van der Waals surface area contributed by atoms with E-state index in [1.54, 1.807) is 35.1 Å². The van der Waals surface area contributed by atoms with Crippen LogP contribution < -0.4 is 10.6 Å². The topological polar surface area (TPSA) is 97.3 Å². The molecule has 0 spiro atoms.